The van der Waals surface area contributed by atoms with E-state index in [9.17, 15) is 13.2 Å². The van der Waals surface area contributed by atoms with Crippen LogP contribution >= 0.6 is 0 Å². The molecule has 1 saturated heterocycles. The summed E-state index contributed by atoms with van der Waals surface area (Å²) in [7, 11) is -1.89. The van der Waals surface area contributed by atoms with Gasteiger partial charge in [0.2, 0.25) is 0 Å². The molecule has 21 heavy (non-hydrogen) atoms. The summed E-state index contributed by atoms with van der Waals surface area (Å²) in [5.41, 5.74) is -0.384. The number of rotatable bonds is 7. The molecule has 0 aromatic carbocycles. The average molecular weight is 319 g/mol. The number of hydrogen-bond donors (Lipinski definition) is 0. The molecule has 0 radical (unpaired) electrons. The van der Waals surface area contributed by atoms with Crippen LogP contribution in [0.1, 0.15) is 26.2 Å². The molecular formula is C14H25NO5S. The second-order valence-corrected chi connectivity index (χ2v) is 8.30. The average Bonchev–Trinajstić information content (AvgIpc) is 3.16. The number of sulfone groups is 1. The minimum absolute atomic E-state index is 0.0480. The van der Waals surface area contributed by atoms with Crippen molar-refractivity contribution in [3.8, 4) is 0 Å². The van der Waals surface area contributed by atoms with Crippen molar-refractivity contribution in [1.82, 2.24) is 4.90 Å². The first-order valence-corrected chi connectivity index (χ1v) is 9.31. The van der Waals surface area contributed by atoms with Gasteiger partial charge in [-0.3, -0.25) is 9.69 Å². The van der Waals surface area contributed by atoms with Crippen LogP contribution in [0.25, 0.3) is 0 Å². The van der Waals surface area contributed by atoms with Crippen molar-refractivity contribution in [2.75, 3.05) is 44.9 Å². The van der Waals surface area contributed by atoms with Crippen LogP contribution in [0.4, 0.5) is 0 Å². The largest absolute Gasteiger partial charge is 0.469 e. The molecule has 2 fully saturated rings. The van der Waals surface area contributed by atoms with Crippen molar-refractivity contribution in [2.45, 2.75) is 32.3 Å². The first kappa shape index (κ1) is 16.7. The highest BCUT2D eigenvalue weighted by Crippen LogP contribution is 2.50. The molecule has 1 aliphatic carbocycles. The number of methoxy groups -OCH3 is 1. The Hall–Kier alpha value is -0.660. The van der Waals surface area contributed by atoms with E-state index in [0.717, 1.165) is 25.9 Å². The molecule has 2 rings (SSSR count). The van der Waals surface area contributed by atoms with Gasteiger partial charge in [-0.05, 0) is 24.8 Å². The van der Waals surface area contributed by atoms with Gasteiger partial charge in [-0.2, -0.15) is 0 Å². The summed E-state index contributed by atoms with van der Waals surface area (Å²) in [5, 5.41) is 0. The van der Waals surface area contributed by atoms with Gasteiger partial charge in [-0.1, -0.05) is 6.92 Å². The fourth-order valence-electron chi connectivity index (χ4n) is 2.90. The van der Waals surface area contributed by atoms with Gasteiger partial charge < -0.3 is 9.47 Å². The third-order valence-corrected chi connectivity index (χ3v) is 6.27. The third kappa shape index (κ3) is 4.93. The minimum Gasteiger partial charge on any atom is -0.469 e. The van der Waals surface area contributed by atoms with E-state index in [1.165, 1.54) is 7.11 Å². The van der Waals surface area contributed by atoms with Crippen LogP contribution in [-0.4, -0.2) is 70.2 Å². The van der Waals surface area contributed by atoms with Crippen molar-refractivity contribution in [1.29, 1.82) is 0 Å². The summed E-state index contributed by atoms with van der Waals surface area (Å²) in [6.45, 7) is 5.08. The Kier molecular flexibility index (Phi) is 5.27. The van der Waals surface area contributed by atoms with E-state index >= 15 is 0 Å². The number of morpholine rings is 1. The van der Waals surface area contributed by atoms with E-state index in [4.69, 9.17) is 4.74 Å². The molecule has 0 N–H and O–H groups in total. The summed E-state index contributed by atoms with van der Waals surface area (Å²) < 4.78 is 35.0. The Balaban J connectivity index is 1.88. The molecule has 0 spiro atoms. The van der Waals surface area contributed by atoms with Crippen molar-refractivity contribution in [3.05, 3.63) is 0 Å². The number of carbonyl (C=O) groups is 1. The SMILES string of the molecule is CCN1CCOC(CS(=O)(=O)CC2(CC(=O)OC)CC2)C1. The van der Waals surface area contributed by atoms with Crippen molar-refractivity contribution in [3.63, 3.8) is 0 Å². The quantitative estimate of drug-likeness (QED) is 0.635. The van der Waals surface area contributed by atoms with Crippen molar-refractivity contribution >= 4 is 15.8 Å². The molecule has 6 nitrogen and oxygen atoms in total. The molecule has 1 atom stereocenters. The maximum absolute atomic E-state index is 12.4. The maximum atomic E-state index is 12.4. The molecule has 0 aromatic heterocycles. The number of esters is 1. The first-order valence-electron chi connectivity index (χ1n) is 7.49. The second-order valence-electron chi connectivity index (χ2n) is 6.19. The Morgan fingerprint density at radius 1 is 1.43 bits per heavy atom. The number of carbonyl (C=O) groups excluding carboxylic acids is 1. The highest BCUT2D eigenvalue weighted by atomic mass is 32.2. The minimum atomic E-state index is -3.22. The zero-order valence-corrected chi connectivity index (χ0v) is 13.7. The van der Waals surface area contributed by atoms with Gasteiger partial charge in [0, 0.05) is 13.1 Å². The summed E-state index contributed by atoms with van der Waals surface area (Å²) in [5.74, 6) is -0.207. The molecular weight excluding hydrogens is 294 g/mol. The Labute approximate surface area is 126 Å². The predicted octanol–water partition coefficient (Wildman–Crippen LogP) is 0.465. The van der Waals surface area contributed by atoms with Crippen LogP contribution in [-0.2, 0) is 24.1 Å². The molecule has 1 unspecified atom stereocenters. The lowest BCUT2D eigenvalue weighted by molar-refractivity contribution is -0.141. The molecule has 1 saturated carbocycles. The summed E-state index contributed by atoms with van der Waals surface area (Å²) in [6, 6.07) is 0. The Morgan fingerprint density at radius 3 is 2.71 bits per heavy atom. The van der Waals surface area contributed by atoms with Gasteiger partial charge >= 0.3 is 5.97 Å². The van der Waals surface area contributed by atoms with Gasteiger partial charge in [0.25, 0.3) is 0 Å². The normalized spacial score (nSPS) is 25.5. The number of nitrogens with zero attached hydrogens (tertiary/aromatic N) is 1. The van der Waals surface area contributed by atoms with Gasteiger partial charge in [0.15, 0.2) is 9.84 Å². The van der Waals surface area contributed by atoms with Crippen LogP contribution in [0.15, 0.2) is 0 Å². The van der Waals surface area contributed by atoms with Crippen LogP contribution in [0.3, 0.4) is 0 Å². The Morgan fingerprint density at radius 2 is 2.14 bits per heavy atom. The van der Waals surface area contributed by atoms with Crippen molar-refractivity contribution in [2.24, 2.45) is 5.41 Å². The van der Waals surface area contributed by atoms with Crippen LogP contribution in [0.5, 0.6) is 0 Å². The Bertz CT molecular complexity index is 472. The second kappa shape index (κ2) is 6.62. The van der Waals surface area contributed by atoms with Gasteiger partial charge in [0.1, 0.15) is 0 Å². The smallest absolute Gasteiger partial charge is 0.306 e. The lowest BCUT2D eigenvalue weighted by atomic mass is 10.1. The van der Waals surface area contributed by atoms with E-state index in [2.05, 4.69) is 16.6 Å². The molecule has 2 aliphatic rings. The zero-order valence-electron chi connectivity index (χ0n) is 12.8. The monoisotopic (exact) mass is 319 g/mol. The molecule has 0 aromatic rings. The molecule has 7 heteroatoms. The van der Waals surface area contributed by atoms with E-state index in [1.54, 1.807) is 0 Å². The third-order valence-electron chi connectivity index (χ3n) is 4.34. The first-order chi connectivity index (χ1) is 9.88. The van der Waals surface area contributed by atoms with Crippen molar-refractivity contribution < 1.29 is 22.7 Å². The number of ether oxygens (including phenoxy) is 2. The van der Waals surface area contributed by atoms with Crippen LogP contribution in [0, 0.1) is 5.41 Å². The summed E-state index contributed by atoms with van der Waals surface area (Å²) in [6.07, 6.45) is 1.52. The standard InChI is InChI=1S/C14H25NO5S/c1-3-15-6-7-20-12(9-15)10-21(17,18)11-14(4-5-14)8-13(16)19-2/h12H,3-11H2,1-2H3. The van der Waals surface area contributed by atoms with E-state index in [-0.39, 0.29) is 35.4 Å². The lowest BCUT2D eigenvalue weighted by Gasteiger charge is -2.32. The lowest BCUT2D eigenvalue weighted by Crippen LogP contribution is -2.45. The molecule has 1 heterocycles. The van der Waals surface area contributed by atoms with E-state index in [1.807, 2.05) is 0 Å². The fraction of sp³-hybridized carbons (Fsp3) is 0.929. The molecule has 122 valence electrons. The molecule has 0 bridgehead atoms. The predicted molar refractivity (Wildman–Crippen MR) is 78.8 cm³/mol. The molecule has 0 amide bonds. The van der Waals surface area contributed by atoms with E-state index in [0.29, 0.717) is 13.2 Å². The molecule has 1 aliphatic heterocycles. The van der Waals surface area contributed by atoms with E-state index < -0.39 is 9.84 Å². The fourth-order valence-corrected chi connectivity index (χ4v) is 5.11. The number of likely N-dealkylation sites (N-methyl/N-ethyl adjacent to an activating group) is 1. The zero-order chi connectivity index (χ0) is 15.5. The highest BCUT2D eigenvalue weighted by Gasteiger charge is 2.48. The van der Waals surface area contributed by atoms with Gasteiger partial charge in [-0.25, -0.2) is 8.42 Å². The van der Waals surface area contributed by atoms with Gasteiger partial charge in [-0.15, -0.1) is 0 Å². The summed E-state index contributed by atoms with van der Waals surface area (Å²) in [4.78, 5) is 13.6. The maximum Gasteiger partial charge on any atom is 0.306 e. The highest BCUT2D eigenvalue weighted by molar-refractivity contribution is 7.91. The van der Waals surface area contributed by atoms with Crippen LogP contribution < -0.4 is 0 Å². The number of hydrogen-bond acceptors (Lipinski definition) is 6. The summed E-state index contributed by atoms with van der Waals surface area (Å²) >= 11 is 0. The topological polar surface area (TPSA) is 72.9 Å². The van der Waals surface area contributed by atoms with Crippen LogP contribution in [0.2, 0.25) is 0 Å². The van der Waals surface area contributed by atoms with Gasteiger partial charge in [0.05, 0.1) is 37.7 Å².